The van der Waals surface area contributed by atoms with Gasteiger partial charge in [0, 0.05) is 18.5 Å². The summed E-state index contributed by atoms with van der Waals surface area (Å²) in [5, 5.41) is 3.67. The average molecular weight is 361 g/mol. The summed E-state index contributed by atoms with van der Waals surface area (Å²) >= 11 is 0. The number of hydrogen-bond donors (Lipinski definition) is 1. The van der Waals surface area contributed by atoms with Gasteiger partial charge in [0.15, 0.2) is 0 Å². The number of rotatable bonds is 4. The molecule has 0 radical (unpaired) electrons. The van der Waals surface area contributed by atoms with Gasteiger partial charge in [0.2, 0.25) is 0 Å². The largest absolute Gasteiger partial charge is 0.345 e. The lowest BCUT2D eigenvalue weighted by molar-refractivity contribution is 0.0935. The Morgan fingerprint density at radius 3 is 2.74 bits per heavy atom. The van der Waals surface area contributed by atoms with Crippen LogP contribution in [0.15, 0.2) is 47.3 Å². The second-order valence-corrected chi connectivity index (χ2v) is 7.17. The van der Waals surface area contributed by atoms with Crippen LogP contribution in [-0.4, -0.2) is 15.5 Å². The van der Waals surface area contributed by atoms with E-state index in [0.717, 1.165) is 37.2 Å². The Kier molecular flexibility index (Phi) is 4.52. The second kappa shape index (κ2) is 6.99. The van der Waals surface area contributed by atoms with Crippen LogP contribution < -0.4 is 10.9 Å². The van der Waals surface area contributed by atoms with Crippen molar-refractivity contribution in [1.29, 1.82) is 0 Å². The predicted molar refractivity (Wildman–Crippen MR) is 106 cm³/mol. The van der Waals surface area contributed by atoms with Crippen LogP contribution in [0.1, 0.15) is 53.1 Å². The molecule has 27 heavy (non-hydrogen) atoms. The third-order valence-corrected chi connectivity index (χ3v) is 5.27. The van der Waals surface area contributed by atoms with Gasteiger partial charge in [0.05, 0.1) is 16.9 Å². The van der Waals surface area contributed by atoms with Crippen LogP contribution in [0, 0.1) is 6.92 Å². The van der Waals surface area contributed by atoms with E-state index in [9.17, 15) is 9.59 Å². The van der Waals surface area contributed by atoms with E-state index < -0.39 is 0 Å². The molecule has 0 unspecified atom stereocenters. The van der Waals surface area contributed by atoms with Gasteiger partial charge in [-0.15, -0.1) is 0 Å². The molecule has 2 heterocycles. The number of benzene rings is 2. The zero-order valence-electron chi connectivity index (χ0n) is 15.7. The standard InChI is InChI=1S/C22H23N3O2/c1-3-18(15-8-6-14(2)7-9-15)24-21(26)16-10-11-17-19(13-16)23-20-5-4-12-25(20)22(17)27/h6-11,13,18H,3-5,12H2,1-2H3,(H,24,26)/t18-/m1/s1. The highest BCUT2D eigenvalue weighted by molar-refractivity contribution is 5.97. The summed E-state index contributed by atoms with van der Waals surface area (Å²) in [6, 6.07) is 13.3. The number of carbonyl (C=O) groups is 1. The van der Waals surface area contributed by atoms with Crippen molar-refractivity contribution in [2.45, 2.75) is 45.7 Å². The van der Waals surface area contributed by atoms with Crippen molar-refractivity contribution in [3.8, 4) is 0 Å². The van der Waals surface area contributed by atoms with Crippen molar-refractivity contribution in [3.05, 3.63) is 75.3 Å². The SMILES string of the molecule is CC[C@@H](NC(=O)c1ccc2c(=O)n3c(nc2c1)CCC3)c1ccc(C)cc1. The van der Waals surface area contributed by atoms with Gasteiger partial charge < -0.3 is 5.32 Å². The van der Waals surface area contributed by atoms with Crippen LogP contribution >= 0.6 is 0 Å². The molecular formula is C22H23N3O2. The molecule has 1 atom stereocenters. The molecule has 3 aromatic rings. The molecule has 1 amide bonds. The molecule has 0 saturated carbocycles. The number of hydrogen-bond acceptors (Lipinski definition) is 3. The Bertz CT molecular complexity index is 1070. The first-order chi connectivity index (χ1) is 13.1. The maximum Gasteiger partial charge on any atom is 0.261 e. The normalized spacial score (nSPS) is 14.1. The van der Waals surface area contributed by atoms with Gasteiger partial charge in [0.1, 0.15) is 5.82 Å². The van der Waals surface area contributed by atoms with E-state index in [4.69, 9.17) is 0 Å². The highest BCUT2D eigenvalue weighted by Crippen LogP contribution is 2.20. The number of nitrogens with one attached hydrogen (secondary N) is 1. The van der Waals surface area contributed by atoms with Crippen molar-refractivity contribution in [1.82, 2.24) is 14.9 Å². The first kappa shape index (κ1) is 17.5. The zero-order chi connectivity index (χ0) is 19.0. The van der Waals surface area contributed by atoms with E-state index in [1.54, 1.807) is 22.8 Å². The molecule has 1 aliphatic heterocycles. The molecule has 5 heteroatoms. The maximum atomic E-state index is 12.8. The summed E-state index contributed by atoms with van der Waals surface area (Å²) < 4.78 is 1.74. The van der Waals surface area contributed by atoms with Crippen LogP contribution in [0.4, 0.5) is 0 Å². The van der Waals surface area contributed by atoms with E-state index in [2.05, 4.69) is 41.5 Å². The Balaban J connectivity index is 1.63. The maximum absolute atomic E-state index is 12.8. The van der Waals surface area contributed by atoms with Crippen molar-refractivity contribution in [2.24, 2.45) is 0 Å². The van der Waals surface area contributed by atoms with E-state index in [0.29, 0.717) is 16.5 Å². The van der Waals surface area contributed by atoms with Gasteiger partial charge in [-0.1, -0.05) is 36.8 Å². The fourth-order valence-electron chi connectivity index (χ4n) is 3.69. The third kappa shape index (κ3) is 3.25. The fourth-order valence-corrected chi connectivity index (χ4v) is 3.69. The third-order valence-electron chi connectivity index (χ3n) is 5.27. The molecule has 0 saturated heterocycles. The minimum Gasteiger partial charge on any atom is -0.345 e. The summed E-state index contributed by atoms with van der Waals surface area (Å²) in [6.45, 7) is 4.83. The van der Waals surface area contributed by atoms with Gasteiger partial charge in [0.25, 0.3) is 11.5 Å². The van der Waals surface area contributed by atoms with Crippen LogP contribution in [0.25, 0.3) is 10.9 Å². The van der Waals surface area contributed by atoms with E-state index in [1.165, 1.54) is 5.56 Å². The summed E-state index contributed by atoms with van der Waals surface area (Å²) in [5.74, 6) is 0.669. The number of fused-ring (bicyclic) bond motifs is 2. The molecule has 5 nitrogen and oxygen atoms in total. The molecule has 2 aromatic carbocycles. The first-order valence-corrected chi connectivity index (χ1v) is 9.47. The Morgan fingerprint density at radius 2 is 2.00 bits per heavy atom. The lowest BCUT2D eigenvalue weighted by Gasteiger charge is -2.18. The van der Waals surface area contributed by atoms with Crippen LogP contribution in [0.2, 0.25) is 0 Å². The van der Waals surface area contributed by atoms with E-state index in [-0.39, 0.29) is 17.5 Å². The number of amides is 1. The average Bonchev–Trinajstić information content (AvgIpc) is 3.15. The van der Waals surface area contributed by atoms with Gasteiger partial charge in [-0.2, -0.15) is 0 Å². The molecule has 0 fully saturated rings. The Hall–Kier alpha value is -2.95. The molecule has 1 aliphatic rings. The highest BCUT2D eigenvalue weighted by Gasteiger charge is 2.18. The molecule has 1 N–H and O–H groups in total. The molecule has 0 spiro atoms. The molecule has 0 bridgehead atoms. The number of nitrogens with zero attached hydrogens (tertiary/aromatic N) is 2. The van der Waals surface area contributed by atoms with Gasteiger partial charge in [-0.05, 0) is 43.5 Å². The van der Waals surface area contributed by atoms with E-state index in [1.807, 2.05) is 6.92 Å². The summed E-state index contributed by atoms with van der Waals surface area (Å²) in [4.78, 5) is 30.0. The van der Waals surface area contributed by atoms with E-state index >= 15 is 0 Å². The fraction of sp³-hybridized carbons (Fsp3) is 0.318. The molecule has 4 rings (SSSR count). The van der Waals surface area contributed by atoms with Crippen LogP contribution in [-0.2, 0) is 13.0 Å². The highest BCUT2D eigenvalue weighted by atomic mass is 16.1. The van der Waals surface area contributed by atoms with Crippen molar-refractivity contribution in [3.63, 3.8) is 0 Å². The molecule has 0 aliphatic carbocycles. The topological polar surface area (TPSA) is 64.0 Å². The van der Waals surface area contributed by atoms with Crippen LogP contribution in [0.3, 0.4) is 0 Å². The van der Waals surface area contributed by atoms with Crippen LogP contribution in [0.5, 0.6) is 0 Å². The zero-order valence-corrected chi connectivity index (χ0v) is 15.7. The monoisotopic (exact) mass is 361 g/mol. The van der Waals surface area contributed by atoms with Gasteiger partial charge in [-0.3, -0.25) is 14.2 Å². The molecular weight excluding hydrogens is 338 g/mol. The quantitative estimate of drug-likeness (QED) is 0.773. The second-order valence-electron chi connectivity index (χ2n) is 7.17. The number of aryl methyl sites for hydroxylation is 2. The Labute approximate surface area is 158 Å². The van der Waals surface area contributed by atoms with Gasteiger partial charge in [-0.25, -0.2) is 4.98 Å². The minimum atomic E-state index is -0.147. The Morgan fingerprint density at radius 1 is 1.22 bits per heavy atom. The predicted octanol–water partition coefficient (Wildman–Crippen LogP) is 3.53. The number of carbonyl (C=O) groups excluding carboxylic acids is 1. The summed E-state index contributed by atoms with van der Waals surface area (Å²) in [5.41, 5.74) is 3.41. The lowest BCUT2D eigenvalue weighted by Crippen LogP contribution is -2.28. The van der Waals surface area contributed by atoms with Crippen molar-refractivity contribution < 1.29 is 4.79 Å². The molecule has 1 aromatic heterocycles. The van der Waals surface area contributed by atoms with Crippen molar-refractivity contribution in [2.75, 3.05) is 0 Å². The van der Waals surface area contributed by atoms with Crippen molar-refractivity contribution >= 4 is 16.8 Å². The first-order valence-electron chi connectivity index (χ1n) is 9.47. The lowest BCUT2D eigenvalue weighted by atomic mass is 10.0. The van der Waals surface area contributed by atoms with Gasteiger partial charge >= 0.3 is 0 Å². The minimum absolute atomic E-state index is 0.00875. The summed E-state index contributed by atoms with van der Waals surface area (Å²) in [7, 11) is 0. The summed E-state index contributed by atoms with van der Waals surface area (Å²) in [6.07, 6.45) is 2.56. The molecule has 138 valence electrons. The smallest absolute Gasteiger partial charge is 0.261 e. The number of aromatic nitrogens is 2.